The highest BCUT2D eigenvalue weighted by Gasteiger charge is 2.51. The molecule has 1 atom stereocenters. The Morgan fingerprint density at radius 3 is 2.12 bits per heavy atom. The molecule has 2 N–H and O–H groups in total. The van der Waals surface area contributed by atoms with Crippen LogP contribution in [0.15, 0.2) is 48.5 Å². The van der Waals surface area contributed by atoms with E-state index in [9.17, 15) is 27.9 Å². The minimum Gasteiger partial charge on any atom is -0.480 e. The second kappa shape index (κ2) is 8.83. The molecule has 0 aliphatic carbocycles. The van der Waals surface area contributed by atoms with Crippen LogP contribution in [-0.4, -0.2) is 41.3 Å². The molecule has 10 heteroatoms. The summed E-state index contributed by atoms with van der Waals surface area (Å²) in [6.45, 7) is 7.75. The Morgan fingerprint density at radius 2 is 1.61 bits per heavy atom. The molecule has 1 amide bonds. The summed E-state index contributed by atoms with van der Waals surface area (Å²) >= 11 is 0. The van der Waals surface area contributed by atoms with Crippen molar-refractivity contribution in [3.8, 4) is 0 Å². The third kappa shape index (κ3) is 5.56. The topological polar surface area (TPSA) is 84.9 Å². The lowest BCUT2D eigenvalue weighted by Crippen LogP contribution is -2.42. The fraction of sp³-hybridized carbons (Fsp3) is 0.391. The van der Waals surface area contributed by atoms with Crippen LogP contribution < -0.4 is 10.8 Å². The lowest BCUT2D eigenvalue weighted by molar-refractivity contribution is -0.139. The lowest BCUT2D eigenvalue weighted by atomic mass is 9.78. The van der Waals surface area contributed by atoms with Gasteiger partial charge in [-0.05, 0) is 56.9 Å². The first-order valence-corrected chi connectivity index (χ1v) is 10.3. The quantitative estimate of drug-likeness (QED) is 0.642. The van der Waals surface area contributed by atoms with Gasteiger partial charge < -0.3 is 19.7 Å². The zero-order valence-corrected chi connectivity index (χ0v) is 18.7. The summed E-state index contributed by atoms with van der Waals surface area (Å²) in [6, 6.07) is 9.41. The number of carbonyl (C=O) groups excluding carboxylic acids is 1. The minimum atomic E-state index is -4.61. The summed E-state index contributed by atoms with van der Waals surface area (Å²) in [5, 5.41) is 11.8. The average Bonchev–Trinajstić information content (AvgIpc) is 2.94. The van der Waals surface area contributed by atoms with E-state index in [0.29, 0.717) is 11.6 Å². The first kappa shape index (κ1) is 24.8. The van der Waals surface area contributed by atoms with Gasteiger partial charge in [0.05, 0.1) is 16.8 Å². The van der Waals surface area contributed by atoms with Crippen molar-refractivity contribution < 1.29 is 37.2 Å². The van der Waals surface area contributed by atoms with Crippen LogP contribution in [-0.2, 0) is 26.7 Å². The van der Waals surface area contributed by atoms with Gasteiger partial charge in [-0.25, -0.2) is 4.79 Å². The zero-order chi connectivity index (χ0) is 24.6. The van der Waals surface area contributed by atoms with Crippen LogP contribution in [0.25, 0.3) is 0 Å². The van der Waals surface area contributed by atoms with E-state index >= 15 is 0 Å². The molecular formula is C23H25BF3NO5. The highest BCUT2D eigenvalue weighted by atomic mass is 19.4. The van der Waals surface area contributed by atoms with Crippen molar-refractivity contribution >= 4 is 24.5 Å². The molecule has 0 radical (unpaired) electrons. The molecule has 0 spiro atoms. The minimum absolute atomic E-state index is 0.0519. The van der Waals surface area contributed by atoms with Crippen LogP contribution >= 0.6 is 0 Å². The van der Waals surface area contributed by atoms with Gasteiger partial charge in [0.2, 0.25) is 0 Å². The van der Waals surface area contributed by atoms with Crippen LogP contribution in [0.3, 0.4) is 0 Å². The molecule has 6 nitrogen and oxygen atoms in total. The van der Waals surface area contributed by atoms with Crippen molar-refractivity contribution in [2.24, 2.45) is 0 Å². The summed E-state index contributed by atoms with van der Waals surface area (Å²) in [7, 11) is -0.570. The van der Waals surface area contributed by atoms with Crippen LogP contribution in [0.1, 0.15) is 49.2 Å². The van der Waals surface area contributed by atoms with E-state index in [0.717, 1.165) is 17.6 Å². The van der Waals surface area contributed by atoms with Gasteiger partial charge in [-0.15, -0.1) is 0 Å². The van der Waals surface area contributed by atoms with Gasteiger partial charge in [-0.3, -0.25) is 4.79 Å². The Morgan fingerprint density at radius 1 is 1.03 bits per heavy atom. The van der Waals surface area contributed by atoms with Gasteiger partial charge in [0, 0.05) is 12.0 Å². The number of hydrogen-bond donors (Lipinski definition) is 2. The summed E-state index contributed by atoms with van der Waals surface area (Å²) in [5.74, 6) is -2.20. The van der Waals surface area contributed by atoms with E-state index in [-0.39, 0.29) is 12.0 Å². The number of alkyl halides is 3. The molecule has 0 unspecified atom stereocenters. The van der Waals surface area contributed by atoms with Crippen molar-refractivity contribution in [3.05, 3.63) is 65.2 Å². The SMILES string of the molecule is CC1(C)OB(c2ccc(C[C@@H](NC(=O)c3cccc(C(F)(F)F)c3)C(=O)O)cc2)OC1(C)C. The Hall–Kier alpha value is -2.85. The molecular weight excluding hydrogens is 438 g/mol. The molecule has 0 saturated carbocycles. The van der Waals surface area contributed by atoms with Gasteiger partial charge >= 0.3 is 19.3 Å². The largest absolute Gasteiger partial charge is 0.494 e. The number of amides is 1. The molecule has 3 rings (SSSR count). The van der Waals surface area contributed by atoms with Crippen LogP contribution in [0.4, 0.5) is 13.2 Å². The summed E-state index contributed by atoms with van der Waals surface area (Å²) < 4.78 is 50.7. The van der Waals surface area contributed by atoms with E-state index in [1.807, 2.05) is 27.7 Å². The summed E-state index contributed by atoms with van der Waals surface area (Å²) in [6.07, 6.45) is -4.66. The number of carboxylic acids is 1. The number of halogens is 3. The fourth-order valence-electron chi connectivity index (χ4n) is 3.30. The number of nitrogens with one attached hydrogen (secondary N) is 1. The molecule has 0 aromatic heterocycles. The van der Waals surface area contributed by atoms with Gasteiger partial charge in [0.15, 0.2) is 0 Å². The van der Waals surface area contributed by atoms with Crippen molar-refractivity contribution in [2.45, 2.75) is 57.5 Å². The van der Waals surface area contributed by atoms with Crippen LogP contribution in [0.5, 0.6) is 0 Å². The van der Waals surface area contributed by atoms with E-state index in [4.69, 9.17) is 9.31 Å². The van der Waals surface area contributed by atoms with E-state index in [1.165, 1.54) is 6.07 Å². The fourth-order valence-corrected chi connectivity index (χ4v) is 3.30. The standard InChI is InChI=1S/C23H25BF3NO5/c1-21(2)22(3,4)33-24(32-21)17-10-8-14(9-11-17)12-18(20(30)31)28-19(29)15-6-5-7-16(13-15)23(25,26)27/h5-11,13,18H,12H2,1-4H3,(H,28,29)(H,30,31)/t18-/m1/s1. The first-order chi connectivity index (χ1) is 15.2. The highest BCUT2D eigenvalue weighted by molar-refractivity contribution is 6.62. The number of carbonyl (C=O) groups is 2. The zero-order valence-electron chi connectivity index (χ0n) is 18.7. The number of rotatable bonds is 6. The van der Waals surface area contributed by atoms with Gasteiger partial charge in [0.1, 0.15) is 6.04 Å². The first-order valence-electron chi connectivity index (χ1n) is 10.3. The lowest BCUT2D eigenvalue weighted by Gasteiger charge is -2.32. The molecule has 1 aliphatic heterocycles. The Bertz CT molecular complexity index is 1020. The van der Waals surface area contributed by atoms with Crippen LogP contribution in [0, 0.1) is 0 Å². The van der Waals surface area contributed by atoms with Gasteiger partial charge in [-0.1, -0.05) is 30.3 Å². The monoisotopic (exact) mass is 463 g/mol. The second-order valence-corrected chi connectivity index (χ2v) is 8.98. The predicted octanol–water partition coefficient (Wildman–Crippen LogP) is 3.43. The third-order valence-electron chi connectivity index (χ3n) is 6.00. The molecule has 33 heavy (non-hydrogen) atoms. The molecule has 2 aromatic rings. The molecule has 1 saturated heterocycles. The molecule has 176 valence electrons. The van der Waals surface area contributed by atoms with Crippen molar-refractivity contribution in [2.75, 3.05) is 0 Å². The Labute approximate surface area is 190 Å². The molecule has 2 aromatic carbocycles. The highest BCUT2D eigenvalue weighted by Crippen LogP contribution is 2.36. The molecule has 1 heterocycles. The normalized spacial score (nSPS) is 18.1. The van der Waals surface area contributed by atoms with Gasteiger partial charge in [0.25, 0.3) is 5.91 Å². The summed E-state index contributed by atoms with van der Waals surface area (Å²) in [4.78, 5) is 24.1. The smallest absolute Gasteiger partial charge is 0.480 e. The Balaban J connectivity index is 1.69. The molecule has 1 aliphatic rings. The maximum Gasteiger partial charge on any atom is 0.494 e. The average molecular weight is 463 g/mol. The maximum absolute atomic E-state index is 12.9. The Kier molecular flexibility index (Phi) is 6.63. The third-order valence-corrected chi connectivity index (χ3v) is 6.00. The summed E-state index contributed by atoms with van der Waals surface area (Å²) in [5.41, 5.74) is -0.881. The van der Waals surface area contributed by atoms with E-state index in [1.54, 1.807) is 24.3 Å². The maximum atomic E-state index is 12.9. The van der Waals surface area contributed by atoms with E-state index < -0.39 is 48.0 Å². The molecule has 1 fully saturated rings. The second-order valence-electron chi connectivity index (χ2n) is 8.98. The molecule has 0 bridgehead atoms. The van der Waals surface area contributed by atoms with Crippen molar-refractivity contribution in [1.82, 2.24) is 5.32 Å². The predicted molar refractivity (Wildman–Crippen MR) is 116 cm³/mol. The number of hydrogen-bond acceptors (Lipinski definition) is 4. The van der Waals surface area contributed by atoms with Crippen LogP contribution in [0.2, 0.25) is 0 Å². The van der Waals surface area contributed by atoms with Crippen molar-refractivity contribution in [1.29, 1.82) is 0 Å². The number of carboxylic acid groups (broad SMARTS) is 1. The number of aliphatic carboxylic acids is 1. The van der Waals surface area contributed by atoms with Gasteiger partial charge in [-0.2, -0.15) is 13.2 Å². The van der Waals surface area contributed by atoms with Crippen molar-refractivity contribution in [3.63, 3.8) is 0 Å². The number of benzene rings is 2. The van der Waals surface area contributed by atoms with E-state index in [2.05, 4.69) is 5.32 Å².